The number of hydrogen-bond donors (Lipinski definition) is 0. The second-order valence-electron chi connectivity index (χ2n) is 9.93. The fourth-order valence-corrected chi connectivity index (χ4v) is 5.29. The van der Waals surface area contributed by atoms with Crippen LogP contribution < -0.4 is 4.74 Å². The molecule has 3 rings (SSSR count). The third-order valence-corrected chi connectivity index (χ3v) is 7.22. The number of methoxy groups -OCH3 is 1. The van der Waals surface area contributed by atoms with Gasteiger partial charge in [0, 0.05) is 19.4 Å². The molecule has 1 fully saturated rings. The lowest BCUT2D eigenvalue weighted by molar-refractivity contribution is -0.151. The van der Waals surface area contributed by atoms with Crippen LogP contribution in [0.15, 0.2) is 29.3 Å². The maximum Gasteiger partial charge on any atom is 0.416 e. The fourth-order valence-electron chi connectivity index (χ4n) is 4.11. The Kier molecular flexibility index (Phi) is 9.66. The van der Waals surface area contributed by atoms with Crippen LogP contribution in [0.1, 0.15) is 53.0 Å². The highest BCUT2D eigenvalue weighted by Crippen LogP contribution is 2.42. The molecule has 0 spiro atoms. The summed E-state index contributed by atoms with van der Waals surface area (Å²) in [5, 5.41) is 0.524. The molecule has 0 unspecified atom stereocenters. The van der Waals surface area contributed by atoms with Crippen LogP contribution in [0, 0.1) is 5.92 Å². The zero-order chi connectivity index (χ0) is 26.5. The largest absolute Gasteiger partial charge is 0.497 e. The van der Waals surface area contributed by atoms with E-state index in [1.54, 1.807) is 21.1 Å². The molecule has 2 aliphatic rings. The van der Waals surface area contributed by atoms with Gasteiger partial charge in [0.1, 0.15) is 22.8 Å². The molecule has 0 bridgehead atoms. The van der Waals surface area contributed by atoms with E-state index in [1.807, 2.05) is 45.0 Å². The molecule has 0 N–H and O–H groups in total. The zero-order valence-electron chi connectivity index (χ0n) is 22.2. The van der Waals surface area contributed by atoms with Gasteiger partial charge in [0.25, 0.3) is 0 Å². The van der Waals surface area contributed by atoms with Gasteiger partial charge >= 0.3 is 12.1 Å². The van der Waals surface area contributed by atoms with Gasteiger partial charge in [-0.05, 0) is 51.8 Å². The quantitative estimate of drug-likeness (QED) is 0.456. The first-order chi connectivity index (χ1) is 17.0. The summed E-state index contributed by atoms with van der Waals surface area (Å²) in [6.07, 6.45) is -0.180. The van der Waals surface area contributed by atoms with Crippen molar-refractivity contribution in [2.75, 3.05) is 20.8 Å². The predicted octanol–water partition coefficient (Wildman–Crippen LogP) is 4.62. The summed E-state index contributed by atoms with van der Waals surface area (Å²) in [5.74, 6) is 0.505. The average Bonchev–Trinajstić information content (AvgIpc) is 3.25. The Morgan fingerprint density at radius 1 is 1.19 bits per heavy atom. The van der Waals surface area contributed by atoms with E-state index in [4.69, 9.17) is 28.7 Å². The van der Waals surface area contributed by atoms with Crippen LogP contribution in [0.4, 0.5) is 4.79 Å². The molecule has 0 radical (unpaired) electrons. The van der Waals surface area contributed by atoms with E-state index >= 15 is 0 Å². The zero-order valence-corrected chi connectivity index (χ0v) is 23.0. The average molecular weight is 523 g/mol. The van der Waals surface area contributed by atoms with Crippen LogP contribution in [0.2, 0.25) is 0 Å². The van der Waals surface area contributed by atoms with E-state index in [1.165, 1.54) is 16.7 Å². The van der Waals surface area contributed by atoms with E-state index in [-0.39, 0.29) is 42.0 Å². The summed E-state index contributed by atoms with van der Waals surface area (Å²) in [7, 11) is 3.28. The van der Waals surface area contributed by atoms with E-state index in [0.717, 1.165) is 11.3 Å². The minimum Gasteiger partial charge on any atom is -0.497 e. The Morgan fingerprint density at radius 2 is 1.89 bits per heavy atom. The lowest BCUT2D eigenvalue weighted by Gasteiger charge is -2.41. The molecule has 1 amide bonds. The summed E-state index contributed by atoms with van der Waals surface area (Å²) < 4.78 is 28.7. The van der Waals surface area contributed by atoms with Crippen LogP contribution in [-0.2, 0) is 30.3 Å². The maximum atomic E-state index is 12.6. The van der Waals surface area contributed by atoms with Gasteiger partial charge in [-0.1, -0.05) is 30.8 Å². The Morgan fingerprint density at radius 3 is 2.50 bits per heavy atom. The van der Waals surface area contributed by atoms with Crippen LogP contribution in [-0.4, -0.2) is 72.2 Å². The van der Waals surface area contributed by atoms with Crippen LogP contribution >= 0.6 is 11.8 Å². The molecule has 0 aliphatic carbocycles. The van der Waals surface area contributed by atoms with Crippen molar-refractivity contribution < 1.29 is 33.3 Å². The SMILES string of the molecule is CCOC(=O)CC[C@H]1O[C@@H]2SC(N(C)C(=O)OC(C)(C)C)=N[C@@H]2[C@@H](OCc2ccc(OC)cc2)[C@@H]1C. The number of rotatable bonds is 8. The number of carbonyl (C=O) groups is 2. The van der Waals surface area contributed by atoms with Crippen molar-refractivity contribution in [2.45, 2.75) is 83.4 Å². The Labute approximate surface area is 217 Å². The van der Waals surface area contributed by atoms with E-state index in [2.05, 4.69) is 6.92 Å². The Balaban J connectivity index is 1.76. The Bertz CT molecular complexity index is 931. The summed E-state index contributed by atoms with van der Waals surface area (Å²) in [6.45, 7) is 10.1. The van der Waals surface area contributed by atoms with Crippen molar-refractivity contribution in [2.24, 2.45) is 10.9 Å². The van der Waals surface area contributed by atoms with Crippen LogP contribution in [0.5, 0.6) is 5.75 Å². The van der Waals surface area contributed by atoms with Gasteiger partial charge in [-0.25, -0.2) is 4.79 Å². The number of ether oxygens (including phenoxy) is 5. The molecule has 2 heterocycles. The number of fused-ring (bicyclic) bond motifs is 1. The third-order valence-electron chi connectivity index (χ3n) is 6.00. The molecule has 2 aliphatic heterocycles. The van der Waals surface area contributed by atoms with Crippen molar-refractivity contribution >= 4 is 29.0 Å². The molecule has 1 saturated heterocycles. The Hall–Kier alpha value is -2.30. The van der Waals surface area contributed by atoms with Gasteiger partial charge < -0.3 is 23.7 Å². The predicted molar refractivity (Wildman–Crippen MR) is 138 cm³/mol. The minimum atomic E-state index is -0.616. The van der Waals surface area contributed by atoms with Gasteiger partial charge in [0.05, 0.1) is 32.5 Å². The van der Waals surface area contributed by atoms with Crippen molar-refractivity contribution in [3.05, 3.63) is 29.8 Å². The number of aliphatic imine (C=N–C) groups is 1. The highest BCUT2D eigenvalue weighted by atomic mass is 32.2. The standard InChI is InChI=1S/C26H38N2O7S/c1-8-32-20(29)14-13-19-16(2)22(33-15-17-9-11-18(31-7)12-10-17)21-23(34-19)36-24(27-21)28(6)25(30)35-26(3,4)5/h9-12,16,19,21-23H,8,13-15H2,1-7H3/t16-,19-,21-,22+,23-/m1/s1. The molecule has 36 heavy (non-hydrogen) atoms. The van der Waals surface area contributed by atoms with Crippen LogP contribution in [0.25, 0.3) is 0 Å². The number of carbonyl (C=O) groups excluding carboxylic acids is 2. The molecule has 9 nitrogen and oxygen atoms in total. The number of hydrogen-bond acceptors (Lipinski definition) is 9. The maximum absolute atomic E-state index is 12.6. The van der Waals surface area contributed by atoms with Crippen molar-refractivity contribution in [1.82, 2.24) is 4.90 Å². The second kappa shape index (κ2) is 12.3. The fraction of sp³-hybridized carbons (Fsp3) is 0.654. The molecular weight excluding hydrogens is 484 g/mol. The molecule has 1 aromatic rings. The van der Waals surface area contributed by atoms with Gasteiger partial charge in [0.15, 0.2) is 5.17 Å². The normalized spacial score (nSPS) is 25.5. The number of nitrogens with zero attached hydrogens (tertiary/aromatic N) is 2. The molecule has 5 atom stereocenters. The summed E-state index contributed by atoms with van der Waals surface area (Å²) in [5.41, 5.74) is 0.0544. The summed E-state index contributed by atoms with van der Waals surface area (Å²) in [6, 6.07) is 7.42. The molecule has 1 aromatic carbocycles. The highest BCUT2D eigenvalue weighted by molar-refractivity contribution is 8.14. The molecular formula is C26H38N2O7S. The van der Waals surface area contributed by atoms with Gasteiger partial charge in [-0.2, -0.15) is 0 Å². The lowest BCUT2D eigenvalue weighted by Crippen LogP contribution is -2.51. The molecule has 0 saturated carbocycles. The van der Waals surface area contributed by atoms with Gasteiger partial charge in [-0.3, -0.25) is 14.7 Å². The minimum absolute atomic E-state index is 0.0329. The lowest BCUT2D eigenvalue weighted by atomic mass is 9.87. The first-order valence-corrected chi connectivity index (χ1v) is 13.2. The summed E-state index contributed by atoms with van der Waals surface area (Å²) in [4.78, 5) is 30.9. The number of esters is 1. The van der Waals surface area contributed by atoms with Crippen molar-refractivity contribution in [3.63, 3.8) is 0 Å². The summed E-state index contributed by atoms with van der Waals surface area (Å²) >= 11 is 1.38. The number of amidine groups is 1. The molecule has 10 heteroatoms. The number of benzene rings is 1. The van der Waals surface area contributed by atoms with Crippen LogP contribution in [0.3, 0.4) is 0 Å². The highest BCUT2D eigenvalue weighted by Gasteiger charge is 2.49. The number of thioether (sulfide) groups is 1. The topological polar surface area (TPSA) is 95.9 Å². The molecule has 200 valence electrons. The second-order valence-corrected chi connectivity index (χ2v) is 11.0. The van der Waals surface area contributed by atoms with Gasteiger partial charge in [-0.15, -0.1) is 0 Å². The molecule has 0 aromatic heterocycles. The van der Waals surface area contributed by atoms with Gasteiger partial charge in [0.2, 0.25) is 0 Å². The number of amides is 1. The van der Waals surface area contributed by atoms with E-state index in [9.17, 15) is 9.59 Å². The van der Waals surface area contributed by atoms with E-state index in [0.29, 0.717) is 24.8 Å². The monoisotopic (exact) mass is 522 g/mol. The first kappa shape index (κ1) is 28.3. The van der Waals surface area contributed by atoms with Crippen molar-refractivity contribution in [1.29, 1.82) is 0 Å². The van der Waals surface area contributed by atoms with Crippen molar-refractivity contribution in [3.8, 4) is 5.75 Å². The smallest absolute Gasteiger partial charge is 0.416 e. The van der Waals surface area contributed by atoms with E-state index < -0.39 is 11.7 Å². The third kappa shape index (κ3) is 7.36. The first-order valence-electron chi connectivity index (χ1n) is 12.3.